The molecule has 0 aliphatic heterocycles. The summed E-state index contributed by atoms with van der Waals surface area (Å²) in [6.07, 6.45) is 0. The van der Waals surface area contributed by atoms with Crippen molar-refractivity contribution in [1.82, 2.24) is 0 Å². The molecule has 1 N–H and O–H groups in total. The predicted molar refractivity (Wildman–Crippen MR) is 41.9 cm³/mol. The van der Waals surface area contributed by atoms with Crippen LogP contribution in [0, 0.1) is 11.8 Å². The first kappa shape index (κ1) is 7.62. The Labute approximate surface area is 66.4 Å². The molecule has 0 atom stereocenters. The summed E-state index contributed by atoms with van der Waals surface area (Å²) < 4.78 is 2.28. The molecule has 0 unspecified atom stereocenters. The van der Waals surface area contributed by atoms with Crippen LogP contribution in [0.1, 0.15) is 15.8 Å². The topological polar surface area (TPSA) is 20.2 Å². The third kappa shape index (κ3) is 1.75. The molecule has 0 amide bonds. The van der Waals surface area contributed by atoms with E-state index in [2.05, 4.69) is 11.8 Å². The Balaban J connectivity index is 2.84. The van der Waals surface area contributed by atoms with Gasteiger partial charge in [0.2, 0.25) is 0 Å². The second-order valence-corrected chi connectivity index (χ2v) is 4.25. The summed E-state index contributed by atoms with van der Waals surface area (Å²) in [7, 11) is 0. The molecule has 1 heterocycles. The summed E-state index contributed by atoms with van der Waals surface area (Å²) in [6.45, 7) is 2.01. The summed E-state index contributed by atoms with van der Waals surface area (Å²) in [4.78, 5) is 0. The van der Waals surface area contributed by atoms with Crippen molar-refractivity contribution in [2.24, 2.45) is 0 Å². The van der Waals surface area contributed by atoms with Gasteiger partial charge in [-0.1, -0.05) is 0 Å². The first-order valence-corrected chi connectivity index (χ1v) is 4.70. The van der Waals surface area contributed by atoms with E-state index >= 15 is 0 Å². The quantitative estimate of drug-likeness (QED) is 0.519. The van der Waals surface area contributed by atoms with Gasteiger partial charge in [0.15, 0.2) is 0 Å². The zero-order valence-electron chi connectivity index (χ0n) is 5.72. The van der Waals surface area contributed by atoms with Gasteiger partial charge < -0.3 is 0 Å². The summed E-state index contributed by atoms with van der Waals surface area (Å²) in [5.41, 5.74) is 0. The summed E-state index contributed by atoms with van der Waals surface area (Å²) in [5.74, 6) is 5.82. The third-order valence-electron chi connectivity index (χ3n) is 1.07. The molecule has 52 valence electrons. The van der Waals surface area contributed by atoms with Crippen molar-refractivity contribution in [3.63, 3.8) is 0 Å². The second-order valence-electron chi connectivity index (χ2n) is 1.80. The van der Waals surface area contributed by atoms with E-state index in [-0.39, 0.29) is 6.61 Å². The summed E-state index contributed by atoms with van der Waals surface area (Å²) >= 11 is 0.303. The fourth-order valence-corrected chi connectivity index (χ4v) is 2.27. The molecular weight excluding hydrogens is 191 g/mol. The Morgan fingerprint density at radius 1 is 1.60 bits per heavy atom. The molecule has 2 heteroatoms. The van der Waals surface area contributed by atoms with Crippen LogP contribution in [0.5, 0.6) is 0 Å². The van der Waals surface area contributed by atoms with Gasteiger partial charge in [0.05, 0.1) is 0 Å². The molecule has 0 saturated carbocycles. The van der Waals surface area contributed by atoms with E-state index in [0.717, 1.165) is 4.44 Å². The Morgan fingerprint density at radius 2 is 2.40 bits per heavy atom. The molecule has 0 radical (unpaired) electrons. The van der Waals surface area contributed by atoms with Gasteiger partial charge in [-0.25, -0.2) is 0 Å². The molecule has 1 aromatic heterocycles. The Bertz CT molecular complexity index is 264. The van der Waals surface area contributed by atoms with Crippen LogP contribution < -0.4 is 0 Å². The van der Waals surface area contributed by atoms with Crippen molar-refractivity contribution in [3.8, 4) is 11.8 Å². The first-order chi connectivity index (χ1) is 4.86. The van der Waals surface area contributed by atoms with Crippen LogP contribution in [-0.2, 0) is 6.61 Å². The number of hydrogen-bond acceptors (Lipinski definition) is 1. The summed E-state index contributed by atoms with van der Waals surface area (Å²) in [5, 5.41) is 8.72. The molecule has 10 heavy (non-hydrogen) atoms. The Hall–Kier alpha value is -0.481. The van der Waals surface area contributed by atoms with Crippen molar-refractivity contribution < 1.29 is 5.11 Å². The van der Waals surface area contributed by atoms with Crippen LogP contribution >= 0.6 is 0 Å². The van der Waals surface area contributed by atoms with Gasteiger partial charge in [-0.3, -0.25) is 0 Å². The van der Waals surface area contributed by atoms with Gasteiger partial charge in [0.25, 0.3) is 0 Å². The predicted octanol–water partition coefficient (Wildman–Crippen LogP) is 0.607. The molecule has 0 fully saturated rings. The van der Waals surface area contributed by atoms with Crippen molar-refractivity contribution >= 4 is 14.5 Å². The van der Waals surface area contributed by atoms with Crippen LogP contribution in [0.3, 0.4) is 0 Å². The van der Waals surface area contributed by atoms with Crippen molar-refractivity contribution in [3.05, 3.63) is 21.0 Å². The van der Waals surface area contributed by atoms with Crippen molar-refractivity contribution in [2.45, 2.75) is 13.5 Å². The van der Waals surface area contributed by atoms with E-state index < -0.39 is 0 Å². The van der Waals surface area contributed by atoms with Crippen molar-refractivity contribution in [2.75, 3.05) is 0 Å². The van der Waals surface area contributed by atoms with Crippen LogP contribution in [0.4, 0.5) is 0 Å². The molecule has 0 aliphatic rings. The second kappa shape index (κ2) is 3.63. The maximum absolute atomic E-state index is 8.72. The van der Waals surface area contributed by atoms with Gasteiger partial charge >= 0.3 is 66.0 Å². The molecule has 1 aromatic rings. The van der Waals surface area contributed by atoms with E-state index in [0.29, 0.717) is 14.5 Å². The van der Waals surface area contributed by atoms with Crippen LogP contribution in [-0.4, -0.2) is 19.6 Å². The van der Waals surface area contributed by atoms with E-state index in [1.807, 2.05) is 19.1 Å². The minimum atomic E-state index is 0.186. The molecule has 0 aromatic carbocycles. The fraction of sp³-hybridized carbons (Fsp3) is 0.250. The number of rotatable bonds is 1. The number of hydrogen-bond donors (Lipinski definition) is 1. The van der Waals surface area contributed by atoms with Gasteiger partial charge in [0.1, 0.15) is 0 Å². The average Bonchev–Trinajstić information content (AvgIpc) is 2.37. The number of aliphatic hydroxyl groups excluding tert-OH is 1. The molecule has 0 bridgehead atoms. The van der Waals surface area contributed by atoms with E-state index in [9.17, 15) is 0 Å². The maximum atomic E-state index is 8.72. The molecular formula is C8H8OSe. The standard InChI is InChI=1S/C8H8OSe/c1-2-3-7-4-5-8(6-9)10-7/h4-5,9H,6H2,1H3. The average molecular weight is 199 g/mol. The monoisotopic (exact) mass is 200 g/mol. The van der Waals surface area contributed by atoms with Crippen molar-refractivity contribution in [1.29, 1.82) is 0 Å². The Morgan fingerprint density at radius 3 is 2.90 bits per heavy atom. The zero-order chi connectivity index (χ0) is 7.40. The molecule has 1 nitrogen and oxygen atoms in total. The van der Waals surface area contributed by atoms with Crippen LogP contribution in [0.25, 0.3) is 0 Å². The van der Waals surface area contributed by atoms with Crippen LogP contribution in [0.2, 0.25) is 0 Å². The van der Waals surface area contributed by atoms with E-state index in [4.69, 9.17) is 5.11 Å². The van der Waals surface area contributed by atoms with Gasteiger partial charge in [-0.15, -0.1) is 0 Å². The first-order valence-electron chi connectivity index (χ1n) is 2.99. The fourth-order valence-electron chi connectivity index (χ4n) is 0.653. The third-order valence-corrected chi connectivity index (χ3v) is 3.13. The minimum absolute atomic E-state index is 0.186. The molecule has 0 saturated heterocycles. The van der Waals surface area contributed by atoms with Gasteiger partial charge in [-0.05, 0) is 0 Å². The SMILES string of the molecule is CC#Cc1ccc(CO)[se]1. The molecule has 1 rings (SSSR count). The van der Waals surface area contributed by atoms with Gasteiger partial charge in [-0.2, -0.15) is 0 Å². The van der Waals surface area contributed by atoms with E-state index in [1.165, 1.54) is 4.44 Å². The Kier molecular flexibility index (Phi) is 2.77. The molecule has 0 spiro atoms. The summed E-state index contributed by atoms with van der Waals surface area (Å²) in [6, 6.07) is 3.95. The van der Waals surface area contributed by atoms with E-state index in [1.54, 1.807) is 0 Å². The van der Waals surface area contributed by atoms with Crippen LogP contribution in [0.15, 0.2) is 12.1 Å². The number of aliphatic hydroxyl groups is 1. The molecule has 0 aliphatic carbocycles. The zero-order valence-corrected chi connectivity index (χ0v) is 7.43. The normalized spacial score (nSPS) is 8.60. The van der Waals surface area contributed by atoms with Gasteiger partial charge in [0, 0.05) is 0 Å².